The van der Waals surface area contributed by atoms with Gasteiger partial charge in [-0.05, 0) is 55.0 Å². The number of rotatable bonds is 6. The highest BCUT2D eigenvalue weighted by atomic mass is 32.2. The second kappa shape index (κ2) is 10.3. The minimum Gasteiger partial charge on any atom is -0.492 e. The minimum absolute atomic E-state index is 0.0736. The first-order chi connectivity index (χ1) is 16.7. The van der Waals surface area contributed by atoms with Gasteiger partial charge in [-0.15, -0.1) is 0 Å². The van der Waals surface area contributed by atoms with Crippen LogP contribution in [0.5, 0.6) is 5.75 Å². The molecule has 0 aliphatic carbocycles. The summed E-state index contributed by atoms with van der Waals surface area (Å²) in [6, 6.07) is 19.0. The molecule has 0 saturated heterocycles. The van der Waals surface area contributed by atoms with E-state index in [2.05, 4.69) is 10.6 Å². The molecule has 0 bridgehead atoms. The lowest BCUT2D eigenvalue weighted by Gasteiger charge is -2.20. The Morgan fingerprint density at radius 3 is 2.40 bits per heavy atom. The van der Waals surface area contributed by atoms with E-state index in [0.29, 0.717) is 29.1 Å². The van der Waals surface area contributed by atoms with Crippen LogP contribution in [0.15, 0.2) is 71.6 Å². The molecule has 2 amide bonds. The molecule has 0 aromatic heterocycles. The van der Waals surface area contributed by atoms with Crippen molar-refractivity contribution in [3.05, 3.63) is 89.0 Å². The van der Waals surface area contributed by atoms with Crippen LogP contribution in [0.3, 0.4) is 0 Å². The molecular formula is C26H27N3O5S. The summed E-state index contributed by atoms with van der Waals surface area (Å²) in [4.78, 5) is 24.1. The van der Waals surface area contributed by atoms with Crippen LogP contribution >= 0.6 is 0 Å². The number of fused-ring (bicyclic) bond motifs is 1. The molecule has 1 aliphatic heterocycles. The number of nitrogens with zero attached hydrogens (tertiary/aromatic N) is 1. The molecule has 0 unspecified atom stereocenters. The van der Waals surface area contributed by atoms with Gasteiger partial charge in [0.2, 0.25) is 15.9 Å². The topological polar surface area (TPSA) is 105 Å². The van der Waals surface area contributed by atoms with E-state index in [9.17, 15) is 18.0 Å². The van der Waals surface area contributed by atoms with E-state index in [1.165, 1.54) is 23.4 Å². The van der Waals surface area contributed by atoms with Crippen molar-refractivity contribution in [2.75, 3.05) is 18.5 Å². The fourth-order valence-corrected chi connectivity index (χ4v) is 5.17. The summed E-state index contributed by atoms with van der Waals surface area (Å²) in [6.07, 6.45) is 0. The molecule has 0 radical (unpaired) electrons. The molecule has 182 valence electrons. The Bertz CT molecular complexity index is 1340. The van der Waals surface area contributed by atoms with Crippen LogP contribution in [0.1, 0.15) is 34.0 Å². The SMILES string of the molecule is CC(=O)Nc1ccc(S(=O)(=O)N2CCOc3ccc(C(=O)NCc4ccc(C)cc4)cc3C2)cc1. The molecule has 0 fully saturated rings. The van der Waals surface area contributed by atoms with Crippen LogP contribution < -0.4 is 15.4 Å². The third kappa shape index (κ3) is 5.87. The summed E-state index contributed by atoms with van der Waals surface area (Å²) in [7, 11) is -3.82. The highest BCUT2D eigenvalue weighted by molar-refractivity contribution is 7.89. The fraction of sp³-hybridized carbons (Fsp3) is 0.231. The maximum atomic E-state index is 13.3. The van der Waals surface area contributed by atoms with Gasteiger partial charge in [-0.1, -0.05) is 29.8 Å². The molecule has 3 aromatic rings. The zero-order valence-electron chi connectivity index (χ0n) is 19.6. The van der Waals surface area contributed by atoms with Gasteiger partial charge in [0.1, 0.15) is 12.4 Å². The highest BCUT2D eigenvalue weighted by Crippen LogP contribution is 2.28. The Morgan fingerprint density at radius 2 is 1.71 bits per heavy atom. The number of carbonyl (C=O) groups excluding carboxylic acids is 2. The normalized spacial score (nSPS) is 13.8. The average Bonchev–Trinajstić information content (AvgIpc) is 3.06. The van der Waals surface area contributed by atoms with Gasteiger partial charge >= 0.3 is 0 Å². The number of ether oxygens (including phenoxy) is 1. The van der Waals surface area contributed by atoms with Crippen molar-refractivity contribution < 1.29 is 22.7 Å². The maximum absolute atomic E-state index is 13.3. The smallest absolute Gasteiger partial charge is 0.251 e. The standard InChI is InChI=1S/C26H27N3O5S/c1-18-3-5-20(6-4-18)16-27-26(31)21-7-12-25-22(15-21)17-29(13-14-34-25)35(32,33)24-10-8-23(9-11-24)28-19(2)30/h3-12,15H,13-14,16-17H2,1-2H3,(H,27,31)(H,28,30). The third-order valence-corrected chi connectivity index (χ3v) is 7.51. The van der Waals surface area contributed by atoms with Gasteiger partial charge in [0.25, 0.3) is 5.91 Å². The zero-order chi connectivity index (χ0) is 25.0. The van der Waals surface area contributed by atoms with E-state index in [4.69, 9.17) is 4.74 Å². The van der Waals surface area contributed by atoms with E-state index in [-0.39, 0.29) is 36.4 Å². The number of anilines is 1. The average molecular weight is 494 g/mol. The van der Waals surface area contributed by atoms with Crippen LogP contribution in [0.25, 0.3) is 0 Å². The first kappa shape index (κ1) is 24.4. The number of amides is 2. The minimum atomic E-state index is -3.82. The predicted molar refractivity (Wildman–Crippen MR) is 133 cm³/mol. The molecule has 0 atom stereocenters. The third-order valence-electron chi connectivity index (χ3n) is 5.65. The summed E-state index contributed by atoms with van der Waals surface area (Å²) in [6.45, 7) is 4.21. The largest absolute Gasteiger partial charge is 0.492 e. The molecule has 2 N–H and O–H groups in total. The number of benzene rings is 3. The number of carbonyl (C=O) groups is 2. The van der Waals surface area contributed by atoms with Gasteiger partial charge in [0.05, 0.1) is 4.90 Å². The first-order valence-corrected chi connectivity index (χ1v) is 12.6. The van der Waals surface area contributed by atoms with Crippen molar-refractivity contribution in [1.29, 1.82) is 0 Å². The molecular weight excluding hydrogens is 466 g/mol. The number of aryl methyl sites for hydroxylation is 1. The second-order valence-electron chi connectivity index (χ2n) is 8.38. The van der Waals surface area contributed by atoms with Gasteiger partial charge in [-0.25, -0.2) is 8.42 Å². The number of nitrogens with one attached hydrogen (secondary N) is 2. The number of hydrogen-bond acceptors (Lipinski definition) is 5. The monoisotopic (exact) mass is 493 g/mol. The van der Waals surface area contributed by atoms with Gasteiger partial charge in [-0.2, -0.15) is 4.31 Å². The molecule has 0 spiro atoms. The lowest BCUT2D eigenvalue weighted by molar-refractivity contribution is -0.114. The summed E-state index contributed by atoms with van der Waals surface area (Å²) < 4.78 is 33.7. The lowest BCUT2D eigenvalue weighted by Crippen LogP contribution is -2.32. The highest BCUT2D eigenvalue weighted by Gasteiger charge is 2.28. The quantitative estimate of drug-likeness (QED) is 0.547. The molecule has 3 aromatic carbocycles. The van der Waals surface area contributed by atoms with E-state index >= 15 is 0 Å². The molecule has 8 nitrogen and oxygen atoms in total. The zero-order valence-corrected chi connectivity index (χ0v) is 20.4. The molecule has 0 saturated carbocycles. The molecule has 1 aliphatic rings. The lowest BCUT2D eigenvalue weighted by atomic mass is 10.1. The first-order valence-electron chi connectivity index (χ1n) is 11.2. The van der Waals surface area contributed by atoms with E-state index < -0.39 is 10.0 Å². The number of sulfonamides is 1. The van der Waals surface area contributed by atoms with Gasteiger partial charge in [0.15, 0.2) is 0 Å². The fourth-order valence-electron chi connectivity index (χ4n) is 3.77. The van der Waals surface area contributed by atoms with Crippen LogP contribution in [0.4, 0.5) is 5.69 Å². The summed E-state index contributed by atoms with van der Waals surface area (Å²) >= 11 is 0. The predicted octanol–water partition coefficient (Wildman–Crippen LogP) is 3.47. The van der Waals surface area contributed by atoms with E-state index in [0.717, 1.165) is 11.1 Å². The number of hydrogen-bond donors (Lipinski definition) is 2. The maximum Gasteiger partial charge on any atom is 0.251 e. The summed E-state index contributed by atoms with van der Waals surface area (Å²) in [5.41, 5.74) is 3.70. The van der Waals surface area contributed by atoms with Gasteiger partial charge in [-0.3, -0.25) is 9.59 Å². The van der Waals surface area contributed by atoms with Crippen molar-refractivity contribution in [3.63, 3.8) is 0 Å². The van der Waals surface area contributed by atoms with Crippen molar-refractivity contribution in [2.24, 2.45) is 0 Å². The summed E-state index contributed by atoms with van der Waals surface area (Å²) in [5.74, 6) is 0.0694. The van der Waals surface area contributed by atoms with Gasteiger partial charge in [0, 0.05) is 43.4 Å². The summed E-state index contributed by atoms with van der Waals surface area (Å²) in [5, 5.41) is 5.52. The Morgan fingerprint density at radius 1 is 1.00 bits per heavy atom. The van der Waals surface area contributed by atoms with Crippen molar-refractivity contribution in [1.82, 2.24) is 9.62 Å². The Balaban J connectivity index is 1.50. The Kier molecular flexibility index (Phi) is 7.18. The van der Waals surface area contributed by atoms with Crippen LogP contribution in [0.2, 0.25) is 0 Å². The van der Waals surface area contributed by atoms with Crippen LogP contribution in [0, 0.1) is 6.92 Å². The van der Waals surface area contributed by atoms with E-state index in [1.54, 1.807) is 30.3 Å². The second-order valence-corrected chi connectivity index (χ2v) is 10.3. The van der Waals surface area contributed by atoms with Gasteiger partial charge < -0.3 is 15.4 Å². The van der Waals surface area contributed by atoms with Crippen LogP contribution in [-0.2, 0) is 27.9 Å². The Labute approximate surface area is 205 Å². The molecule has 1 heterocycles. The molecule has 35 heavy (non-hydrogen) atoms. The molecule has 4 rings (SSSR count). The van der Waals surface area contributed by atoms with E-state index in [1.807, 2.05) is 31.2 Å². The van der Waals surface area contributed by atoms with Crippen molar-refractivity contribution in [2.45, 2.75) is 31.8 Å². The molecule has 9 heteroatoms. The van der Waals surface area contributed by atoms with Crippen molar-refractivity contribution in [3.8, 4) is 5.75 Å². The van der Waals surface area contributed by atoms with Crippen molar-refractivity contribution >= 4 is 27.5 Å². The van der Waals surface area contributed by atoms with Crippen LogP contribution in [-0.4, -0.2) is 37.7 Å². The Hall–Kier alpha value is -3.69.